The highest BCUT2D eigenvalue weighted by Crippen LogP contribution is 2.33. The Hall–Kier alpha value is -4.09. The Balaban J connectivity index is 0.000000322. The molecule has 0 fully saturated rings. The molecule has 3 aromatic carbocycles. The van der Waals surface area contributed by atoms with Crippen LogP contribution in [0.2, 0.25) is 0 Å². The van der Waals surface area contributed by atoms with E-state index in [-0.39, 0.29) is 12.4 Å². The van der Waals surface area contributed by atoms with Crippen molar-refractivity contribution in [1.82, 2.24) is 5.32 Å². The van der Waals surface area contributed by atoms with Gasteiger partial charge < -0.3 is 40.5 Å². The molecule has 41 heavy (non-hydrogen) atoms. The van der Waals surface area contributed by atoms with Crippen LogP contribution >= 0.6 is 15.9 Å². The maximum absolute atomic E-state index is 11.5. The monoisotopic (exact) mass is 630 g/mol. The number of aryl methyl sites for hydroxylation is 1. The van der Waals surface area contributed by atoms with E-state index < -0.39 is 5.91 Å². The van der Waals surface area contributed by atoms with Gasteiger partial charge in [-0.05, 0) is 54.4 Å². The van der Waals surface area contributed by atoms with E-state index in [0.717, 1.165) is 35.2 Å². The molecule has 0 aliphatic carbocycles. The molecular formula is C30H39BrN4O6. The Morgan fingerprint density at radius 2 is 1.44 bits per heavy atom. The van der Waals surface area contributed by atoms with Crippen LogP contribution < -0.4 is 35.7 Å². The first-order valence-electron chi connectivity index (χ1n) is 12.6. The van der Waals surface area contributed by atoms with Gasteiger partial charge in [0.05, 0.1) is 34.9 Å². The minimum atomic E-state index is -0.428. The molecule has 11 heteroatoms. The molecule has 0 saturated carbocycles. The minimum Gasteiger partial charge on any atom is -0.493 e. The second-order valence-corrected chi connectivity index (χ2v) is 9.17. The lowest BCUT2D eigenvalue weighted by Gasteiger charge is -2.10. The Morgan fingerprint density at radius 1 is 0.854 bits per heavy atom. The highest BCUT2D eigenvalue weighted by atomic mass is 79.9. The van der Waals surface area contributed by atoms with E-state index in [0.29, 0.717) is 23.5 Å². The number of amides is 1. The number of halogens is 1. The van der Waals surface area contributed by atoms with Gasteiger partial charge in [0.15, 0.2) is 29.0 Å². The van der Waals surface area contributed by atoms with Crippen LogP contribution in [0, 0.1) is 0 Å². The number of aldehydes is 1. The van der Waals surface area contributed by atoms with Crippen molar-refractivity contribution in [3.05, 3.63) is 81.8 Å². The molecule has 0 bridgehead atoms. The molecule has 10 nitrogen and oxygen atoms in total. The van der Waals surface area contributed by atoms with Gasteiger partial charge in [0, 0.05) is 17.4 Å². The van der Waals surface area contributed by atoms with Crippen molar-refractivity contribution in [2.45, 2.75) is 25.8 Å². The lowest BCUT2D eigenvalue weighted by atomic mass is 10.1. The van der Waals surface area contributed by atoms with Crippen LogP contribution in [0.4, 0.5) is 0 Å². The molecule has 0 spiro atoms. The Morgan fingerprint density at radius 3 is 1.98 bits per heavy atom. The molecule has 0 atom stereocenters. The largest absolute Gasteiger partial charge is 0.493 e. The topological polar surface area (TPSA) is 147 Å². The molecule has 3 aromatic rings. The molecule has 0 radical (unpaired) electrons. The number of methoxy groups -OCH3 is 4. The van der Waals surface area contributed by atoms with Gasteiger partial charge in [0.2, 0.25) is 0 Å². The number of nitrogens with zero attached hydrogens (tertiary/aromatic N) is 1. The molecule has 0 aliphatic heterocycles. The molecular weight excluding hydrogens is 592 g/mol. The normalized spacial score (nSPS) is 9.61. The summed E-state index contributed by atoms with van der Waals surface area (Å²) in [6.07, 6.45) is 2.51. The SMILES string of the molecule is CNCc1ccc(OC)c(OC)c1.COc1cc(Br)c(CC(=O)N=C(N)N)cc1OC.O=CCCc1ccccc1. The van der Waals surface area contributed by atoms with Gasteiger partial charge >= 0.3 is 0 Å². The van der Waals surface area contributed by atoms with Crippen molar-refractivity contribution in [2.24, 2.45) is 16.5 Å². The summed E-state index contributed by atoms with van der Waals surface area (Å²) in [5.41, 5.74) is 13.4. The lowest BCUT2D eigenvalue weighted by Crippen LogP contribution is -2.24. The summed E-state index contributed by atoms with van der Waals surface area (Å²) in [6, 6.07) is 19.3. The number of nitrogens with two attached hydrogens (primary N) is 2. The predicted octanol–water partition coefficient (Wildman–Crippen LogP) is 4.05. The van der Waals surface area contributed by atoms with Gasteiger partial charge in [0.25, 0.3) is 5.91 Å². The van der Waals surface area contributed by atoms with Crippen LogP contribution in [-0.4, -0.2) is 53.6 Å². The predicted molar refractivity (Wildman–Crippen MR) is 165 cm³/mol. The second kappa shape index (κ2) is 19.9. The quantitative estimate of drug-likeness (QED) is 0.162. The van der Waals surface area contributed by atoms with Gasteiger partial charge in [-0.25, -0.2) is 0 Å². The van der Waals surface area contributed by atoms with Crippen LogP contribution in [0.15, 0.2) is 70.1 Å². The first kappa shape index (κ1) is 34.9. The summed E-state index contributed by atoms with van der Waals surface area (Å²) < 4.78 is 21.3. The summed E-state index contributed by atoms with van der Waals surface area (Å²) >= 11 is 3.35. The third-order valence-electron chi connectivity index (χ3n) is 5.37. The number of ether oxygens (including phenoxy) is 4. The average molecular weight is 632 g/mol. The van der Waals surface area contributed by atoms with E-state index >= 15 is 0 Å². The van der Waals surface area contributed by atoms with E-state index in [1.165, 1.54) is 25.3 Å². The first-order chi connectivity index (χ1) is 19.7. The Kier molecular flexibility index (Phi) is 16.9. The van der Waals surface area contributed by atoms with Crippen LogP contribution in [-0.2, 0) is 29.0 Å². The van der Waals surface area contributed by atoms with E-state index in [9.17, 15) is 9.59 Å². The van der Waals surface area contributed by atoms with Crippen LogP contribution in [0.1, 0.15) is 23.1 Å². The van der Waals surface area contributed by atoms with Crippen molar-refractivity contribution in [2.75, 3.05) is 35.5 Å². The number of aliphatic imine (C=N–C) groups is 1. The van der Waals surface area contributed by atoms with Gasteiger partial charge in [-0.3, -0.25) is 4.79 Å². The number of nitrogens with one attached hydrogen (secondary N) is 1. The summed E-state index contributed by atoms with van der Waals surface area (Å²) in [6.45, 7) is 0.834. The highest BCUT2D eigenvalue weighted by Gasteiger charge is 2.12. The average Bonchev–Trinajstić information content (AvgIpc) is 2.97. The molecule has 0 saturated heterocycles. The Labute approximate surface area is 250 Å². The summed E-state index contributed by atoms with van der Waals surface area (Å²) in [5.74, 6) is 1.97. The second-order valence-electron chi connectivity index (χ2n) is 8.32. The van der Waals surface area contributed by atoms with Gasteiger partial charge in [0.1, 0.15) is 6.29 Å². The number of rotatable bonds is 11. The number of carbonyl (C=O) groups excluding carboxylic acids is 2. The third kappa shape index (κ3) is 13.2. The zero-order valence-corrected chi connectivity index (χ0v) is 25.7. The molecule has 0 unspecified atom stereocenters. The number of hydrogen-bond acceptors (Lipinski definition) is 7. The number of carbonyl (C=O) groups is 2. The van der Waals surface area contributed by atoms with Crippen LogP contribution in [0.5, 0.6) is 23.0 Å². The van der Waals surface area contributed by atoms with E-state index in [2.05, 4.69) is 26.2 Å². The standard InChI is InChI=1S/C11H14BrN3O3.C10H15NO2.C9H10O/c1-17-8-3-6(4-10(16)15-11(13)14)7(12)5-9(8)18-2;1-11-7-8-4-5-9(12-2)10(6-8)13-3;10-8-4-7-9-5-2-1-3-6-9/h3,5H,4H2,1-2H3,(H4,13,14,15,16);4-6,11H,7H2,1-3H3;1-3,5-6,8H,4,7H2. The van der Waals surface area contributed by atoms with Crippen molar-refractivity contribution < 1.29 is 28.5 Å². The van der Waals surface area contributed by atoms with E-state index in [1.807, 2.05) is 55.6 Å². The van der Waals surface area contributed by atoms with Gasteiger partial charge in [-0.2, -0.15) is 4.99 Å². The maximum Gasteiger partial charge on any atom is 0.253 e. The highest BCUT2D eigenvalue weighted by molar-refractivity contribution is 9.10. The molecule has 0 heterocycles. The zero-order chi connectivity index (χ0) is 30.6. The molecule has 0 aliphatic rings. The Bertz CT molecular complexity index is 1250. The summed E-state index contributed by atoms with van der Waals surface area (Å²) in [7, 11) is 8.25. The zero-order valence-electron chi connectivity index (χ0n) is 24.1. The minimum absolute atomic E-state index is 0.0683. The first-order valence-corrected chi connectivity index (χ1v) is 13.4. The van der Waals surface area contributed by atoms with Crippen molar-refractivity contribution >= 4 is 34.1 Å². The van der Waals surface area contributed by atoms with Gasteiger partial charge in [-0.1, -0.05) is 52.3 Å². The summed E-state index contributed by atoms with van der Waals surface area (Å²) in [4.78, 5) is 24.9. The fourth-order valence-corrected chi connectivity index (χ4v) is 3.91. The van der Waals surface area contributed by atoms with E-state index in [1.54, 1.807) is 26.4 Å². The maximum atomic E-state index is 11.5. The van der Waals surface area contributed by atoms with Crippen molar-refractivity contribution in [3.8, 4) is 23.0 Å². The number of hydrogen-bond donors (Lipinski definition) is 3. The van der Waals surface area contributed by atoms with Crippen LogP contribution in [0.3, 0.4) is 0 Å². The number of guanidine groups is 1. The van der Waals surface area contributed by atoms with E-state index in [4.69, 9.17) is 30.4 Å². The van der Waals surface area contributed by atoms with Crippen LogP contribution in [0.25, 0.3) is 0 Å². The molecule has 222 valence electrons. The molecule has 3 rings (SSSR count). The lowest BCUT2D eigenvalue weighted by molar-refractivity contribution is -0.117. The molecule has 5 N–H and O–H groups in total. The van der Waals surface area contributed by atoms with Gasteiger partial charge in [-0.15, -0.1) is 0 Å². The third-order valence-corrected chi connectivity index (χ3v) is 6.11. The fourth-order valence-electron chi connectivity index (χ4n) is 3.44. The smallest absolute Gasteiger partial charge is 0.253 e. The summed E-state index contributed by atoms with van der Waals surface area (Å²) in [5, 5.41) is 3.08. The fraction of sp³-hybridized carbons (Fsp3) is 0.300. The molecule has 1 amide bonds. The number of benzene rings is 3. The van der Waals surface area contributed by atoms with Crippen molar-refractivity contribution in [3.63, 3.8) is 0 Å². The molecule has 0 aromatic heterocycles. The van der Waals surface area contributed by atoms with Crippen molar-refractivity contribution in [1.29, 1.82) is 0 Å².